The minimum atomic E-state index is -3.55. The SMILES string of the molecule is C=CCO.O=C1NS(=O)(=O)c2ccccc21.O=C1NS(=O)(=O)c2ccccc21. The summed E-state index contributed by atoms with van der Waals surface area (Å²) in [6.45, 7) is 3.31. The Morgan fingerprint density at radius 2 is 1.11 bits per heavy atom. The molecule has 0 spiro atoms. The first-order chi connectivity index (χ1) is 13.1. The van der Waals surface area contributed by atoms with Crippen molar-refractivity contribution in [2.75, 3.05) is 6.61 Å². The molecule has 11 heteroatoms. The van der Waals surface area contributed by atoms with Gasteiger partial charge in [-0.2, -0.15) is 0 Å². The summed E-state index contributed by atoms with van der Waals surface area (Å²) in [5, 5.41) is 7.76. The molecule has 0 bridgehead atoms. The van der Waals surface area contributed by atoms with Crippen molar-refractivity contribution in [1.29, 1.82) is 0 Å². The number of benzene rings is 2. The van der Waals surface area contributed by atoms with Crippen LogP contribution in [0.25, 0.3) is 0 Å². The van der Waals surface area contributed by atoms with Crippen molar-refractivity contribution < 1.29 is 31.5 Å². The van der Waals surface area contributed by atoms with Crippen LogP contribution in [0.1, 0.15) is 20.7 Å². The zero-order chi connectivity index (χ0) is 20.9. The van der Waals surface area contributed by atoms with E-state index in [1.54, 1.807) is 24.3 Å². The number of rotatable bonds is 1. The first kappa shape index (κ1) is 21.3. The van der Waals surface area contributed by atoms with Crippen LogP contribution in [-0.4, -0.2) is 40.4 Å². The molecule has 0 atom stereocenters. The first-order valence-electron chi connectivity index (χ1n) is 7.68. The number of hydrogen-bond donors (Lipinski definition) is 3. The summed E-state index contributed by atoms with van der Waals surface area (Å²) in [6.07, 6.45) is 1.43. The van der Waals surface area contributed by atoms with Crippen LogP contribution in [0, 0.1) is 0 Å². The zero-order valence-corrected chi connectivity index (χ0v) is 16.0. The number of amides is 2. The van der Waals surface area contributed by atoms with Gasteiger partial charge in [0.1, 0.15) is 9.79 Å². The molecule has 9 nitrogen and oxygen atoms in total. The third-order valence-electron chi connectivity index (χ3n) is 3.43. The Bertz CT molecular complexity index is 1050. The lowest BCUT2D eigenvalue weighted by Crippen LogP contribution is -2.20. The highest BCUT2D eigenvalue weighted by molar-refractivity contribution is 7.91. The van der Waals surface area contributed by atoms with E-state index in [2.05, 4.69) is 6.58 Å². The molecule has 2 aliphatic heterocycles. The highest BCUT2D eigenvalue weighted by Gasteiger charge is 2.32. The minimum absolute atomic E-state index is 0.0648. The molecule has 0 saturated heterocycles. The van der Waals surface area contributed by atoms with Crippen LogP contribution in [0.15, 0.2) is 71.0 Å². The van der Waals surface area contributed by atoms with E-state index in [0.29, 0.717) is 0 Å². The maximum absolute atomic E-state index is 11.1. The van der Waals surface area contributed by atoms with Crippen LogP contribution < -0.4 is 9.44 Å². The normalized spacial score (nSPS) is 16.8. The van der Waals surface area contributed by atoms with Crippen LogP contribution in [0.3, 0.4) is 0 Å². The Kier molecular flexibility index (Phi) is 6.33. The zero-order valence-electron chi connectivity index (χ0n) is 14.3. The third kappa shape index (κ3) is 4.44. The van der Waals surface area contributed by atoms with E-state index in [1.807, 2.05) is 9.44 Å². The van der Waals surface area contributed by atoms with Crippen LogP contribution in [0.4, 0.5) is 0 Å². The van der Waals surface area contributed by atoms with Gasteiger partial charge in [-0.1, -0.05) is 30.3 Å². The molecule has 2 aromatic rings. The maximum atomic E-state index is 11.1. The highest BCUT2D eigenvalue weighted by atomic mass is 32.2. The van der Waals surface area contributed by atoms with E-state index in [0.717, 1.165) is 0 Å². The number of carbonyl (C=O) groups is 2. The fourth-order valence-corrected chi connectivity index (χ4v) is 4.59. The van der Waals surface area contributed by atoms with Gasteiger partial charge in [-0.25, -0.2) is 26.3 Å². The molecular formula is C17H16N2O7S2. The highest BCUT2D eigenvalue weighted by Crippen LogP contribution is 2.21. The smallest absolute Gasteiger partial charge is 0.266 e. The summed E-state index contributed by atoms with van der Waals surface area (Å²) in [5.41, 5.74) is 0.440. The minimum Gasteiger partial charge on any atom is -0.392 e. The van der Waals surface area contributed by atoms with E-state index in [4.69, 9.17) is 5.11 Å². The lowest BCUT2D eigenvalue weighted by atomic mass is 10.2. The van der Waals surface area contributed by atoms with Crippen molar-refractivity contribution in [2.45, 2.75) is 9.79 Å². The van der Waals surface area contributed by atoms with E-state index >= 15 is 0 Å². The number of sulfonamides is 2. The van der Waals surface area contributed by atoms with E-state index in [1.165, 1.54) is 30.3 Å². The van der Waals surface area contributed by atoms with Crippen molar-refractivity contribution in [3.8, 4) is 0 Å². The number of aliphatic hydroxyl groups excluding tert-OH is 1. The van der Waals surface area contributed by atoms with Gasteiger partial charge in [0.2, 0.25) is 0 Å². The summed E-state index contributed by atoms with van der Waals surface area (Å²) in [7, 11) is -7.11. The third-order valence-corrected chi connectivity index (χ3v) is 6.20. The van der Waals surface area contributed by atoms with Gasteiger partial charge in [-0.05, 0) is 24.3 Å². The van der Waals surface area contributed by atoms with Crippen molar-refractivity contribution in [3.05, 3.63) is 72.3 Å². The summed E-state index contributed by atoms with van der Waals surface area (Å²) in [6, 6.07) is 12.2. The van der Waals surface area contributed by atoms with Gasteiger partial charge < -0.3 is 5.11 Å². The maximum Gasteiger partial charge on any atom is 0.266 e. The lowest BCUT2D eigenvalue weighted by molar-refractivity contribution is 0.0976. The summed E-state index contributed by atoms with van der Waals surface area (Å²) in [5.74, 6) is -1.10. The lowest BCUT2D eigenvalue weighted by Gasteiger charge is -1.91. The fraction of sp³-hybridized carbons (Fsp3) is 0.0588. The largest absolute Gasteiger partial charge is 0.392 e. The Morgan fingerprint density at radius 3 is 1.39 bits per heavy atom. The molecule has 0 aromatic heterocycles. The van der Waals surface area contributed by atoms with E-state index in [9.17, 15) is 26.4 Å². The standard InChI is InChI=1S/2C7H5NO3S.C3H6O/c2*9-7-5-3-1-2-4-6(5)12(10,11)8-7;1-2-3-4/h2*1-4H,(H,8,9);2,4H,1,3H2. The second-order valence-electron chi connectivity index (χ2n) is 5.33. The van der Waals surface area contributed by atoms with Crippen molar-refractivity contribution in [1.82, 2.24) is 9.44 Å². The molecule has 0 saturated carbocycles. The Labute approximate surface area is 161 Å². The van der Waals surface area contributed by atoms with Gasteiger partial charge in [-0.3, -0.25) is 9.59 Å². The molecule has 2 amide bonds. The van der Waals surface area contributed by atoms with Crippen LogP contribution in [0.2, 0.25) is 0 Å². The molecule has 3 N–H and O–H groups in total. The van der Waals surface area contributed by atoms with Crippen LogP contribution >= 0.6 is 0 Å². The topological polar surface area (TPSA) is 147 Å². The molecule has 0 fully saturated rings. The predicted octanol–water partition coefficient (Wildman–Crippen LogP) is 0.402. The van der Waals surface area contributed by atoms with Gasteiger partial charge in [0, 0.05) is 0 Å². The number of fused-ring (bicyclic) bond motifs is 2. The molecule has 0 radical (unpaired) electrons. The number of carbonyl (C=O) groups excluding carboxylic acids is 2. The van der Waals surface area contributed by atoms with Crippen molar-refractivity contribution in [3.63, 3.8) is 0 Å². The fourth-order valence-electron chi connectivity index (χ4n) is 2.24. The molecule has 2 aromatic carbocycles. The van der Waals surface area contributed by atoms with Gasteiger partial charge >= 0.3 is 0 Å². The molecule has 148 valence electrons. The van der Waals surface area contributed by atoms with E-state index < -0.39 is 31.9 Å². The van der Waals surface area contributed by atoms with Crippen LogP contribution in [-0.2, 0) is 20.0 Å². The Balaban J connectivity index is 0.000000169. The first-order valence-corrected chi connectivity index (χ1v) is 10.6. The average Bonchev–Trinajstić information content (AvgIpc) is 3.05. The van der Waals surface area contributed by atoms with Gasteiger partial charge in [0.15, 0.2) is 0 Å². The molecule has 28 heavy (non-hydrogen) atoms. The molecular weight excluding hydrogens is 408 g/mol. The number of aliphatic hydroxyl groups is 1. The van der Waals surface area contributed by atoms with Crippen molar-refractivity contribution >= 4 is 31.9 Å². The van der Waals surface area contributed by atoms with Gasteiger partial charge in [0.25, 0.3) is 31.9 Å². The molecule has 0 aliphatic carbocycles. The molecule has 4 rings (SSSR count). The van der Waals surface area contributed by atoms with Crippen LogP contribution in [0.5, 0.6) is 0 Å². The monoisotopic (exact) mass is 424 g/mol. The van der Waals surface area contributed by atoms with Crippen molar-refractivity contribution in [2.24, 2.45) is 0 Å². The Morgan fingerprint density at radius 1 is 0.786 bits per heavy atom. The van der Waals surface area contributed by atoms with E-state index in [-0.39, 0.29) is 27.5 Å². The molecule has 2 aliphatic rings. The predicted molar refractivity (Wildman–Crippen MR) is 99.5 cm³/mol. The second-order valence-corrected chi connectivity index (χ2v) is 8.63. The number of nitrogens with one attached hydrogen (secondary N) is 2. The second kappa shape index (κ2) is 8.33. The summed E-state index contributed by atoms with van der Waals surface area (Å²) in [4.78, 5) is 22.1. The number of hydrogen-bond acceptors (Lipinski definition) is 7. The summed E-state index contributed by atoms with van der Waals surface area (Å²) < 4.78 is 48.3. The summed E-state index contributed by atoms with van der Waals surface area (Å²) >= 11 is 0. The average molecular weight is 424 g/mol. The molecule has 2 heterocycles. The van der Waals surface area contributed by atoms with Gasteiger partial charge in [0.05, 0.1) is 17.7 Å². The molecule has 0 unspecified atom stereocenters. The van der Waals surface area contributed by atoms with Gasteiger partial charge in [-0.15, -0.1) is 6.58 Å². The Hall–Kier alpha value is -3.02. The quantitative estimate of drug-likeness (QED) is 0.562.